The molecule has 0 fully saturated rings. The molecular weight excluding hydrogens is 294 g/mol. The maximum Gasteiger partial charge on any atom is 0.309 e. The third kappa shape index (κ3) is 4.96. The smallest absolute Gasteiger partial charge is 0.309 e. The van der Waals surface area contributed by atoms with Crippen LogP contribution in [-0.4, -0.2) is 24.9 Å². The van der Waals surface area contributed by atoms with Gasteiger partial charge in [-0.2, -0.15) is 0 Å². The molecule has 0 heterocycles. The number of ether oxygens (including phenoxy) is 1. The molecule has 0 saturated carbocycles. The van der Waals surface area contributed by atoms with Crippen molar-refractivity contribution in [1.29, 1.82) is 0 Å². The van der Waals surface area contributed by atoms with Crippen molar-refractivity contribution >= 4 is 23.5 Å². The molecule has 2 aromatic rings. The van der Waals surface area contributed by atoms with E-state index in [4.69, 9.17) is 5.73 Å². The molecule has 118 valence electrons. The van der Waals surface area contributed by atoms with Crippen molar-refractivity contribution in [2.45, 2.75) is 6.42 Å². The summed E-state index contributed by atoms with van der Waals surface area (Å²) in [7, 11) is 1.33. The van der Waals surface area contributed by atoms with Gasteiger partial charge in [-0.3, -0.25) is 14.9 Å². The number of hydrogen-bond donors (Lipinski definition) is 2. The highest BCUT2D eigenvalue weighted by Crippen LogP contribution is 2.14. The highest BCUT2D eigenvalue weighted by molar-refractivity contribution is 6.05. The predicted molar refractivity (Wildman–Crippen MR) is 87.4 cm³/mol. The Hall–Kier alpha value is -3.15. The van der Waals surface area contributed by atoms with Gasteiger partial charge in [-0.1, -0.05) is 30.3 Å². The second kappa shape index (κ2) is 7.74. The van der Waals surface area contributed by atoms with Crippen molar-refractivity contribution in [3.05, 3.63) is 65.7 Å². The van der Waals surface area contributed by atoms with Gasteiger partial charge < -0.3 is 10.5 Å². The predicted octanol–water partition coefficient (Wildman–Crippen LogP) is 1.78. The lowest BCUT2D eigenvalue weighted by Crippen LogP contribution is -2.36. The zero-order chi connectivity index (χ0) is 16.7. The van der Waals surface area contributed by atoms with Crippen LogP contribution in [0.5, 0.6) is 0 Å². The van der Waals surface area contributed by atoms with Crippen molar-refractivity contribution in [2.75, 3.05) is 7.11 Å². The Morgan fingerprint density at radius 1 is 1.13 bits per heavy atom. The number of rotatable bonds is 4. The number of hydrogen-bond acceptors (Lipinski definition) is 4. The van der Waals surface area contributed by atoms with Gasteiger partial charge in [0.2, 0.25) is 5.96 Å². The minimum Gasteiger partial charge on any atom is -0.469 e. The number of nitrogens with zero attached hydrogens (tertiary/aromatic N) is 1. The van der Waals surface area contributed by atoms with Crippen molar-refractivity contribution in [3.63, 3.8) is 0 Å². The topological polar surface area (TPSA) is 93.8 Å². The Morgan fingerprint density at radius 3 is 2.57 bits per heavy atom. The van der Waals surface area contributed by atoms with Gasteiger partial charge in [-0.15, -0.1) is 0 Å². The lowest BCUT2D eigenvalue weighted by atomic mass is 10.1. The summed E-state index contributed by atoms with van der Waals surface area (Å²) in [6.07, 6.45) is 0.149. The van der Waals surface area contributed by atoms with E-state index in [-0.39, 0.29) is 24.3 Å². The van der Waals surface area contributed by atoms with Crippen LogP contribution in [0.4, 0.5) is 5.69 Å². The van der Waals surface area contributed by atoms with Crippen LogP contribution in [-0.2, 0) is 16.0 Å². The maximum atomic E-state index is 12.0. The van der Waals surface area contributed by atoms with Crippen LogP contribution in [0.1, 0.15) is 15.9 Å². The molecule has 0 atom stereocenters. The van der Waals surface area contributed by atoms with Gasteiger partial charge in [0.05, 0.1) is 19.2 Å². The number of benzene rings is 2. The van der Waals surface area contributed by atoms with Crippen molar-refractivity contribution in [2.24, 2.45) is 10.7 Å². The fourth-order valence-corrected chi connectivity index (χ4v) is 1.92. The second-order valence-corrected chi connectivity index (χ2v) is 4.74. The molecule has 2 aromatic carbocycles. The maximum absolute atomic E-state index is 12.0. The molecule has 6 heteroatoms. The fraction of sp³-hybridized carbons (Fsp3) is 0.118. The van der Waals surface area contributed by atoms with Crippen LogP contribution in [0.3, 0.4) is 0 Å². The monoisotopic (exact) mass is 311 g/mol. The normalized spacial score (nSPS) is 10.9. The van der Waals surface area contributed by atoms with E-state index in [1.165, 1.54) is 7.11 Å². The lowest BCUT2D eigenvalue weighted by Gasteiger charge is -2.05. The minimum absolute atomic E-state index is 0.0194. The first kappa shape index (κ1) is 16.2. The molecule has 0 bridgehead atoms. The van der Waals surface area contributed by atoms with E-state index < -0.39 is 0 Å². The van der Waals surface area contributed by atoms with E-state index in [1.54, 1.807) is 48.5 Å². The Labute approximate surface area is 134 Å². The Bertz CT molecular complexity index is 727. The molecule has 0 aliphatic heterocycles. The van der Waals surface area contributed by atoms with Gasteiger partial charge in [-0.05, 0) is 29.8 Å². The van der Waals surface area contributed by atoms with E-state index in [9.17, 15) is 9.59 Å². The second-order valence-electron chi connectivity index (χ2n) is 4.74. The highest BCUT2D eigenvalue weighted by atomic mass is 16.5. The van der Waals surface area contributed by atoms with Crippen molar-refractivity contribution in [1.82, 2.24) is 5.32 Å². The first-order valence-corrected chi connectivity index (χ1v) is 6.95. The van der Waals surface area contributed by atoms with Crippen LogP contribution in [0, 0.1) is 0 Å². The molecule has 0 aliphatic carbocycles. The number of aliphatic imine (C=N–C) groups is 1. The third-order valence-electron chi connectivity index (χ3n) is 3.01. The summed E-state index contributed by atoms with van der Waals surface area (Å²) in [5, 5.41) is 2.51. The molecule has 0 saturated heterocycles. The summed E-state index contributed by atoms with van der Waals surface area (Å²) < 4.78 is 4.62. The third-order valence-corrected chi connectivity index (χ3v) is 3.01. The Morgan fingerprint density at radius 2 is 1.87 bits per heavy atom. The summed E-state index contributed by atoms with van der Waals surface area (Å²) in [5.41, 5.74) is 7.53. The zero-order valence-corrected chi connectivity index (χ0v) is 12.7. The Balaban J connectivity index is 2.07. The zero-order valence-electron chi connectivity index (χ0n) is 12.7. The number of methoxy groups -OCH3 is 1. The van der Waals surface area contributed by atoms with Gasteiger partial charge in [0.25, 0.3) is 5.91 Å². The number of esters is 1. The Kier molecular flexibility index (Phi) is 5.46. The van der Waals surface area contributed by atoms with E-state index in [0.29, 0.717) is 11.3 Å². The highest BCUT2D eigenvalue weighted by Gasteiger charge is 2.07. The number of carbonyl (C=O) groups is 2. The van der Waals surface area contributed by atoms with Gasteiger partial charge in [0, 0.05) is 5.56 Å². The van der Waals surface area contributed by atoms with Gasteiger partial charge in [0.15, 0.2) is 0 Å². The van der Waals surface area contributed by atoms with Crippen LogP contribution in [0.2, 0.25) is 0 Å². The van der Waals surface area contributed by atoms with Gasteiger partial charge in [-0.25, -0.2) is 4.99 Å². The van der Waals surface area contributed by atoms with Gasteiger partial charge in [0.1, 0.15) is 0 Å². The van der Waals surface area contributed by atoms with Crippen molar-refractivity contribution in [3.8, 4) is 0 Å². The molecule has 2 rings (SSSR count). The van der Waals surface area contributed by atoms with Crippen LogP contribution in [0.25, 0.3) is 0 Å². The van der Waals surface area contributed by atoms with Crippen molar-refractivity contribution < 1.29 is 14.3 Å². The first-order valence-electron chi connectivity index (χ1n) is 6.95. The first-order chi connectivity index (χ1) is 11.1. The molecule has 1 amide bonds. The van der Waals surface area contributed by atoms with Crippen LogP contribution >= 0.6 is 0 Å². The number of carbonyl (C=O) groups excluding carboxylic acids is 2. The number of guanidine groups is 1. The van der Waals surface area contributed by atoms with Crippen LogP contribution < -0.4 is 11.1 Å². The number of nitrogens with two attached hydrogens (primary N) is 1. The molecule has 0 aliphatic rings. The average molecular weight is 311 g/mol. The van der Waals surface area contributed by atoms with E-state index in [1.807, 2.05) is 6.07 Å². The summed E-state index contributed by atoms with van der Waals surface area (Å²) in [6.45, 7) is 0. The fourth-order valence-electron chi connectivity index (χ4n) is 1.92. The molecular formula is C17H17N3O3. The summed E-state index contributed by atoms with van der Waals surface area (Å²) in [5.74, 6) is -0.692. The summed E-state index contributed by atoms with van der Waals surface area (Å²) >= 11 is 0. The molecule has 0 radical (unpaired) electrons. The molecule has 3 N–H and O–H groups in total. The number of nitrogens with one attached hydrogen (secondary N) is 1. The molecule has 23 heavy (non-hydrogen) atoms. The summed E-state index contributed by atoms with van der Waals surface area (Å²) in [4.78, 5) is 27.4. The quantitative estimate of drug-likeness (QED) is 0.511. The molecule has 0 aromatic heterocycles. The minimum atomic E-state index is -0.337. The van der Waals surface area contributed by atoms with E-state index in [0.717, 1.165) is 5.56 Å². The van der Waals surface area contributed by atoms with Gasteiger partial charge >= 0.3 is 5.97 Å². The average Bonchev–Trinajstić information content (AvgIpc) is 2.55. The van der Waals surface area contributed by atoms with E-state index >= 15 is 0 Å². The SMILES string of the molecule is COC(=O)Cc1cccc(N=C(N)NC(=O)c2ccccc2)c1. The van der Waals surface area contributed by atoms with Crippen LogP contribution in [0.15, 0.2) is 59.6 Å². The summed E-state index contributed by atoms with van der Waals surface area (Å²) in [6, 6.07) is 15.7. The number of amides is 1. The molecule has 6 nitrogen and oxygen atoms in total. The van der Waals surface area contributed by atoms with E-state index in [2.05, 4.69) is 15.0 Å². The lowest BCUT2D eigenvalue weighted by molar-refractivity contribution is -0.139. The molecule has 0 spiro atoms. The molecule has 0 unspecified atom stereocenters. The standard InChI is InChI=1S/C17H17N3O3/c1-23-15(21)11-12-6-5-9-14(10-12)19-17(18)20-16(22)13-7-3-2-4-8-13/h2-10H,11H2,1H3,(H3,18,19,20,22). The largest absolute Gasteiger partial charge is 0.469 e.